The van der Waals surface area contributed by atoms with Gasteiger partial charge in [0.2, 0.25) is 0 Å². The standard InChI is InChI=1S/C17H23NO3/c19-12-2-1-4-15-5-3-6-17(14-15)21-13-11-18-9-7-16(20)8-10-18/h3,5-6,14,16,19-20H,2,7-13H2. The first-order valence-corrected chi connectivity index (χ1v) is 7.51. The van der Waals surface area contributed by atoms with Gasteiger partial charge in [0.25, 0.3) is 0 Å². The second-order valence-corrected chi connectivity index (χ2v) is 5.22. The summed E-state index contributed by atoms with van der Waals surface area (Å²) in [5.41, 5.74) is 0.905. The zero-order valence-electron chi connectivity index (χ0n) is 12.3. The highest BCUT2D eigenvalue weighted by molar-refractivity contribution is 5.39. The third-order valence-electron chi connectivity index (χ3n) is 3.54. The lowest BCUT2D eigenvalue weighted by Crippen LogP contribution is -2.38. The first-order chi connectivity index (χ1) is 10.3. The molecule has 1 fully saturated rings. The predicted molar refractivity (Wildman–Crippen MR) is 82.2 cm³/mol. The van der Waals surface area contributed by atoms with E-state index in [4.69, 9.17) is 9.84 Å². The minimum atomic E-state index is -0.128. The van der Waals surface area contributed by atoms with Crippen molar-refractivity contribution in [3.63, 3.8) is 0 Å². The molecule has 1 heterocycles. The van der Waals surface area contributed by atoms with Crippen molar-refractivity contribution in [1.29, 1.82) is 0 Å². The minimum absolute atomic E-state index is 0.0910. The van der Waals surface area contributed by atoms with Crippen LogP contribution in [0.2, 0.25) is 0 Å². The normalized spacial score (nSPS) is 16.3. The Kier molecular flexibility index (Phi) is 6.55. The van der Waals surface area contributed by atoms with Gasteiger partial charge in [0.15, 0.2) is 0 Å². The van der Waals surface area contributed by atoms with Crippen molar-refractivity contribution >= 4 is 0 Å². The van der Waals surface area contributed by atoms with Gasteiger partial charge in [-0.25, -0.2) is 0 Å². The molecule has 0 spiro atoms. The minimum Gasteiger partial charge on any atom is -0.492 e. The maximum absolute atomic E-state index is 9.46. The first kappa shape index (κ1) is 15.8. The highest BCUT2D eigenvalue weighted by Gasteiger charge is 2.16. The molecule has 0 radical (unpaired) electrons. The Morgan fingerprint density at radius 3 is 2.86 bits per heavy atom. The summed E-state index contributed by atoms with van der Waals surface area (Å²) in [5.74, 6) is 6.73. The lowest BCUT2D eigenvalue weighted by molar-refractivity contribution is 0.0755. The van der Waals surface area contributed by atoms with Crippen molar-refractivity contribution in [2.75, 3.05) is 32.8 Å². The molecule has 1 saturated heterocycles. The average molecular weight is 289 g/mol. The van der Waals surface area contributed by atoms with Crippen LogP contribution in [0.5, 0.6) is 5.75 Å². The molecule has 21 heavy (non-hydrogen) atoms. The van der Waals surface area contributed by atoms with Gasteiger partial charge in [-0.2, -0.15) is 0 Å². The molecule has 0 aromatic heterocycles. The zero-order valence-corrected chi connectivity index (χ0v) is 12.3. The summed E-state index contributed by atoms with van der Waals surface area (Å²) >= 11 is 0. The topological polar surface area (TPSA) is 52.9 Å². The molecule has 4 heteroatoms. The Balaban J connectivity index is 1.75. The van der Waals surface area contributed by atoms with Crippen LogP contribution in [0.1, 0.15) is 24.8 Å². The molecule has 0 atom stereocenters. The molecular weight excluding hydrogens is 266 g/mol. The summed E-state index contributed by atoms with van der Waals surface area (Å²) in [4.78, 5) is 2.32. The summed E-state index contributed by atoms with van der Waals surface area (Å²) in [5, 5.41) is 18.2. The third kappa shape index (κ3) is 5.76. The number of piperidine rings is 1. The predicted octanol–water partition coefficient (Wildman–Crippen LogP) is 1.26. The van der Waals surface area contributed by atoms with Crippen LogP contribution in [0.15, 0.2) is 24.3 Å². The molecule has 1 aromatic carbocycles. The number of hydrogen-bond acceptors (Lipinski definition) is 4. The number of aliphatic hydroxyl groups excluding tert-OH is 2. The van der Waals surface area contributed by atoms with Gasteiger partial charge in [-0.3, -0.25) is 4.90 Å². The van der Waals surface area contributed by atoms with Crippen molar-refractivity contribution in [3.8, 4) is 17.6 Å². The quantitative estimate of drug-likeness (QED) is 0.801. The van der Waals surface area contributed by atoms with E-state index in [1.54, 1.807) is 0 Å². The van der Waals surface area contributed by atoms with Gasteiger partial charge in [0.1, 0.15) is 12.4 Å². The van der Waals surface area contributed by atoms with Gasteiger partial charge in [0, 0.05) is 31.6 Å². The summed E-state index contributed by atoms with van der Waals surface area (Å²) in [6.45, 7) is 3.50. The van der Waals surface area contributed by atoms with Crippen molar-refractivity contribution in [2.24, 2.45) is 0 Å². The molecule has 0 unspecified atom stereocenters. The SMILES string of the molecule is OCCC#Cc1cccc(OCCN2CCC(O)CC2)c1. The third-order valence-corrected chi connectivity index (χ3v) is 3.54. The van der Waals surface area contributed by atoms with Crippen LogP contribution in [-0.2, 0) is 0 Å². The Hall–Kier alpha value is -1.54. The molecule has 1 aliphatic rings. The lowest BCUT2D eigenvalue weighted by Gasteiger charge is -2.29. The Morgan fingerprint density at radius 2 is 2.10 bits per heavy atom. The van der Waals surface area contributed by atoms with E-state index in [1.165, 1.54) is 0 Å². The Morgan fingerprint density at radius 1 is 1.29 bits per heavy atom. The number of benzene rings is 1. The molecule has 2 N–H and O–H groups in total. The van der Waals surface area contributed by atoms with Gasteiger partial charge in [-0.05, 0) is 31.0 Å². The van der Waals surface area contributed by atoms with E-state index in [1.807, 2.05) is 24.3 Å². The fourth-order valence-electron chi connectivity index (χ4n) is 2.32. The number of likely N-dealkylation sites (tertiary alicyclic amines) is 1. The van der Waals surface area contributed by atoms with E-state index >= 15 is 0 Å². The zero-order chi connectivity index (χ0) is 14.9. The molecule has 1 aromatic rings. The molecule has 0 amide bonds. The van der Waals surface area contributed by atoms with Crippen LogP contribution < -0.4 is 4.74 Å². The number of rotatable bonds is 5. The van der Waals surface area contributed by atoms with E-state index in [0.29, 0.717) is 13.0 Å². The lowest BCUT2D eigenvalue weighted by atomic mass is 10.1. The number of aliphatic hydroxyl groups is 2. The second kappa shape index (κ2) is 8.68. The summed E-state index contributed by atoms with van der Waals surface area (Å²) < 4.78 is 5.76. The summed E-state index contributed by atoms with van der Waals surface area (Å²) in [6, 6.07) is 7.71. The Labute approximate surface area is 126 Å². The smallest absolute Gasteiger partial charge is 0.120 e. The van der Waals surface area contributed by atoms with Crippen molar-refractivity contribution in [3.05, 3.63) is 29.8 Å². The van der Waals surface area contributed by atoms with Gasteiger partial charge >= 0.3 is 0 Å². The molecule has 114 valence electrons. The van der Waals surface area contributed by atoms with Crippen molar-refractivity contribution < 1.29 is 14.9 Å². The highest BCUT2D eigenvalue weighted by atomic mass is 16.5. The van der Waals surface area contributed by atoms with Gasteiger partial charge in [-0.15, -0.1) is 0 Å². The number of ether oxygens (including phenoxy) is 1. The number of nitrogens with zero attached hydrogens (tertiary/aromatic N) is 1. The van der Waals surface area contributed by atoms with Crippen LogP contribution in [0.3, 0.4) is 0 Å². The summed E-state index contributed by atoms with van der Waals surface area (Å²) in [7, 11) is 0. The Bertz CT molecular complexity index is 484. The van der Waals surface area contributed by atoms with Crippen LogP contribution in [0.4, 0.5) is 0 Å². The van der Waals surface area contributed by atoms with Crippen LogP contribution in [0, 0.1) is 11.8 Å². The van der Waals surface area contributed by atoms with Gasteiger partial charge in [-0.1, -0.05) is 17.9 Å². The van der Waals surface area contributed by atoms with E-state index in [0.717, 1.165) is 43.8 Å². The first-order valence-electron chi connectivity index (χ1n) is 7.51. The van der Waals surface area contributed by atoms with E-state index < -0.39 is 0 Å². The second-order valence-electron chi connectivity index (χ2n) is 5.22. The molecule has 0 saturated carbocycles. The van der Waals surface area contributed by atoms with Gasteiger partial charge in [0.05, 0.1) is 12.7 Å². The molecule has 1 aliphatic heterocycles. The molecule has 4 nitrogen and oxygen atoms in total. The maximum atomic E-state index is 9.46. The number of hydrogen-bond donors (Lipinski definition) is 2. The van der Waals surface area contributed by atoms with E-state index in [-0.39, 0.29) is 12.7 Å². The van der Waals surface area contributed by atoms with Crippen molar-refractivity contribution in [2.45, 2.75) is 25.4 Å². The molecular formula is C17H23NO3. The van der Waals surface area contributed by atoms with Crippen molar-refractivity contribution in [1.82, 2.24) is 4.90 Å². The average Bonchev–Trinajstić information content (AvgIpc) is 2.50. The van der Waals surface area contributed by atoms with Crippen LogP contribution in [-0.4, -0.2) is 54.1 Å². The maximum Gasteiger partial charge on any atom is 0.120 e. The molecule has 2 rings (SSSR count). The van der Waals surface area contributed by atoms with E-state index in [2.05, 4.69) is 16.7 Å². The largest absolute Gasteiger partial charge is 0.492 e. The monoisotopic (exact) mass is 289 g/mol. The van der Waals surface area contributed by atoms with E-state index in [9.17, 15) is 5.11 Å². The molecule has 0 bridgehead atoms. The van der Waals surface area contributed by atoms with Gasteiger partial charge < -0.3 is 14.9 Å². The fraction of sp³-hybridized carbons (Fsp3) is 0.529. The molecule has 0 aliphatic carbocycles. The van der Waals surface area contributed by atoms with Crippen LogP contribution >= 0.6 is 0 Å². The fourth-order valence-corrected chi connectivity index (χ4v) is 2.32. The van der Waals surface area contributed by atoms with Crippen LogP contribution in [0.25, 0.3) is 0 Å². The summed E-state index contributed by atoms with van der Waals surface area (Å²) in [6.07, 6.45) is 2.08. The highest BCUT2D eigenvalue weighted by Crippen LogP contribution is 2.13.